The van der Waals surface area contributed by atoms with Gasteiger partial charge >= 0.3 is 5.97 Å². The summed E-state index contributed by atoms with van der Waals surface area (Å²) in [5.74, 6) is 0.639. The van der Waals surface area contributed by atoms with Crippen LogP contribution >= 0.6 is 39.0 Å². The Morgan fingerprint density at radius 3 is 2.74 bits per heavy atom. The van der Waals surface area contributed by atoms with Gasteiger partial charge in [0.25, 0.3) is 5.56 Å². The van der Waals surface area contributed by atoms with Gasteiger partial charge in [0.2, 0.25) is 0 Å². The van der Waals surface area contributed by atoms with Crippen LogP contribution in [0, 0.1) is 0 Å². The summed E-state index contributed by atoms with van der Waals surface area (Å²) in [7, 11) is 1.57. The fourth-order valence-corrected chi connectivity index (χ4v) is 6.53. The molecule has 1 aliphatic heterocycles. The minimum Gasteiger partial charge on any atom is -0.497 e. The molecular weight excluding hydrogens is 588 g/mol. The van der Waals surface area contributed by atoms with Crippen LogP contribution in [0.1, 0.15) is 31.2 Å². The van der Waals surface area contributed by atoms with Crippen LogP contribution in [0.15, 0.2) is 101 Å². The fraction of sp³-hybridized carbons (Fsp3) is 0.179. The number of thiazole rings is 1. The first kappa shape index (κ1) is 26.3. The molecule has 0 bridgehead atoms. The summed E-state index contributed by atoms with van der Waals surface area (Å²) < 4.78 is 19.6. The highest BCUT2D eigenvalue weighted by Gasteiger charge is 2.33. The van der Waals surface area contributed by atoms with Crippen molar-refractivity contribution in [1.29, 1.82) is 0 Å². The van der Waals surface area contributed by atoms with Crippen molar-refractivity contribution >= 4 is 51.1 Å². The third kappa shape index (κ3) is 5.16. The second-order valence-corrected chi connectivity index (χ2v) is 11.2. The molecule has 0 fully saturated rings. The van der Waals surface area contributed by atoms with Gasteiger partial charge in [0.15, 0.2) is 9.89 Å². The monoisotopic (exact) mass is 610 g/mol. The third-order valence-electron chi connectivity index (χ3n) is 5.83. The molecule has 1 aliphatic rings. The average molecular weight is 612 g/mol. The second-order valence-electron chi connectivity index (χ2n) is 8.28. The van der Waals surface area contributed by atoms with E-state index >= 15 is 0 Å². The van der Waals surface area contributed by atoms with Crippen molar-refractivity contribution in [3.63, 3.8) is 0 Å². The van der Waals surface area contributed by atoms with Crippen LogP contribution in [0.4, 0.5) is 0 Å². The molecule has 2 aromatic carbocycles. The van der Waals surface area contributed by atoms with Crippen LogP contribution in [0.2, 0.25) is 0 Å². The molecule has 2 aromatic heterocycles. The Labute approximate surface area is 235 Å². The number of rotatable bonds is 7. The Hall–Kier alpha value is -3.34. The summed E-state index contributed by atoms with van der Waals surface area (Å²) in [6.45, 7) is 3.71. The lowest BCUT2D eigenvalue weighted by molar-refractivity contribution is -0.139. The smallest absolute Gasteiger partial charge is 0.338 e. The maximum absolute atomic E-state index is 13.8. The molecule has 0 spiro atoms. The number of methoxy groups -OCH3 is 1. The van der Waals surface area contributed by atoms with Crippen LogP contribution in [-0.2, 0) is 9.53 Å². The van der Waals surface area contributed by atoms with E-state index in [1.165, 1.54) is 23.1 Å². The van der Waals surface area contributed by atoms with E-state index in [4.69, 9.17) is 13.9 Å². The number of carbonyl (C=O) groups is 1. The third-order valence-corrected chi connectivity index (χ3v) is 8.66. The zero-order valence-corrected chi connectivity index (χ0v) is 24.0. The largest absolute Gasteiger partial charge is 0.497 e. The Kier molecular flexibility index (Phi) is 7.73. The van der Waals surface area contributed by atoms with Crippen molar-refractivity contribution in [2.75, 3.05) is 13.7 Å². The summed E-state index contributed by atoms with van der Waals surface area (Å²) in [6, 6.07) is 18.3. The van der Waals surface area contributed by atoms with E-state index in [1.54, 1.807) is 31.6 Å². The average Bonchev–Trinajstić information content (AvgIpc) is 3.41. The first-order chi connectivity index (χ1) is 18.4. The predicted octanol–water partition coefficient (Wildman–Crippen LogP) is 5.31. The topological polar surface area (TPSA) is 83.0 Å². The molecule has 194 valence electrons. The van der Waals surface area contributed by atoms with Crippen LogP contribution in [-0.4, -0.2) is 24.3 Å². The van der Waals surface area contributed by atoms with Crippen molar-refractivity contribution in [3.05, 3.63) is 107 Å². The van der Waals surface area contributed by atoms with E-state index in [2.05, 4.69) is 20.9 Å². The summed E-state index contributed by atoms with van der Waals surface area (Å²) in [6.07, 6.45) is 1.70. The molecule has 38 heavy (non-hydrogen) atoms. The number of aromatic nitrogens is 1. The number of furan rings is 1. The van der Waals surface area contributed by atoms with Gasteiger partial charge in [-0.1, -0.05) is 53.4 Å². The molecule has 5 rings (SSSR count). The number of hydrogen-bond donors (Lipinski definition) is 0. The predicted molar refractivity (Wildman–Crippen MR) is 150 cm³/mol. The van der Waals surface area contributed by atoms with Crippen molar-refractivity contribution in [2.24, 2.45) is 4.99 Å². The Morgan fingerprint density at radius 1 is 1.21 bits per heavy atom. The van der Waals surface area contributed by atoms with E-state index in [0.717, 1.165) is 14.9 Å². The molecule has 0 radical (unpaired) electrons. The normalized spacial score (nSPS) is 15.3. The number of benzene rings is 2. The van der Waals surface area contributed by atoms with Crippen molar-refractivity contribution in [2.45, 2.75) is 29.9 Å². The fourth-order valence-electron chi connectivity index (χ4n) is 4.15. The maximum Gasteiger partial charge on any atom is 0.338 e. The standard InChI is InChI=1S/C28H23BrN2O5S2/c1-4-35-26(33)23-16(2)30-28-31(24(23)17-9-8-10-18(13-17)34-3)25(32)22(38-28)15-19-14-21(29)27(36-19)37-20-11-6-5-7-12-20/h5-15,24H,4H2,1-3H3/b22-15+/t24-/m0/s1. The minimum atomic E-state index is -0.713. The van der Waals surface area contributed by atoms with Gasteiger partial charge in [-0.15, -0.1) is 0 Å². The van der Waals surface area contributed by atoms with E-state index in [9.17, 15) is 9.59 Å². The molecule has 0 amide bonds. The lowest BCUT2D eigenvalue weighted by Gasteiger charge is -2.24. The quantitative estimate of drug-likeness (QED) is 0.264. The van der Waals surface area contributed by atoms with Crippen molar-refractivity contribution < 1.29 is 18.7 Å². The van der Waals surface area contributed by atoms with E-state index < -0.39 is 12.0 Å². The van der Waals surface area contributed by atoms with Gasteiger partial charge < -0.3 is 13.9 Å². The van der Waals surface area contributed by atoms with Crippen molar-refractivity contribution in [3.8, 4) is 5.75 Å². The lowest BCUT2D eigenvalue weighted by atomic mass is 9.95. The van der Waals surface area contributed by atoms with Gasteiger partial charge in [-0.25, -0.2) is 9.79 Å². The number of esters is 1. The van der Waals surface area contributed by atoms with Crippen molar-refractivity contribution in [1.82, 2.24) is 4.57 Å². The lowest BCUT2D eigenvalue weighted by Crippen LogP contribution is -2.39. The summed E-state index contributed by atoms with van der Waals surface area (Å²) in [4.78, 5) is 33.0. The minimum absolute atomic E-state index is 0.210. The van der Waals surface area contributed by atoms with Gasteiger partial charge in [0.05, 0.1) is 40.0 Å². The number of carbonyl (C=O) groups excluding carboxylic acids is 1. The first-order valence-electron chi connectivity index (χ1n) is 11.8. The molecule has 0 unspecified atom stereocenters. The summed E-state index contributed by atoms with van der Waals surface area (Å²) in [5, 5.41) is 0.685. The van der Waals surface area contributed by atoms with Gasteiger partial charge in [-0.3, -0.25) is 9.36 Å². The molecule has 0 aliphatic carbocycles. The van der Waals surface area contributed by atoms with Crippen LogP contribution in [0.25, 0.3) is 6.08 Å². The van der Waals surface area contributed by atoms with E-state index in [1.807, 2.05) is 60.7 Å². The van der Waals surface area contributed by atoms with Gasteiger partial charge in [0.1, 0.15) is 11.5 Å². The molecule has 4 aromatic rings. The summed E-state index contributed by atoms with van der Waals surface area (Å²) >= 11 is 6.29. The number of fused-ring (bicyclic) bond motifs is 1. The van der Waals surface area contributed by atoms with Crippen LogP contribution in [0.5, 0.6) is 5.75 Å². The molecule has 10 heteroatoms. The molecule has 1 atom stereocenters. The molecule has 0 N–H and O–H groups in total. The second kappa shape index (κ2) is 11.2. The number of halogens is 1. The van der Waals surface area contributed by atoms with Gasteiger partial charge in [0, 0.05) is 11.0 Å². The first-order valence-corrected chi connectivity index (χ1v) is 14.2. The molecular formula is C28H23BrN2O5S2. The maximum atomic E-state index is 13.8. The SMILES string of the molecule is CCOC(=O)C1=C(C)N=c2s/c(=C/c3cc(Br)c(Sc4ccccc4)o3)c(=O)n2[C@H]1c1cccc(OC)c1. The molecule has 0 saturated heterocycles. The van der Waals surface area contributed by atoms with Crippen LogP contribution in [0.3, 0.4) is 0 Å². The van der Waals surface area contributed by atoms with Gasteiger partial charge in [-0.05, 0) is 65.7 Å². The number of allylic oxidation sites excluding steroid dienone is 1. The number of nitrogens with zero attached hydrogens (tertiary/aromatic N) is 2. The highest BCUT2D eigenvalue weighted by Crippen LogP contribution is 2.36. The highest BCUT2D eigenvalue weighted by molar-refractivity contribution is 9.10. The Balaban J connectivity index is 1.62. The zero-order valence-electron chi connectivity index (χ0n) is 20.8. The van der Waals surface area contributed by atoms with E-state index in [-0.39, 0.29) is 12.2 Å². The zero-order chi connectivity index (χ0) is 26.8. The highest BCUT2D eigenvalue weighted by atomic mass is 79.9. The van der Waals surface area contributed by atoms with Crippen LogP contribution < -0.4 is 19.6 Å². The summed E-state index contributed by atoms with van der Waals surface area (Å²) in [5.41, 5.74) is 1.27. The van der Waals surface area contributed by atoms with E-state index in [0.29, 0.717) is 37.2 Å². The molecule has 3 heterocycles. The number of ether oxygens (including phenoxy) is 2. The Bertz CT molecular complexity index is 1720. The molecule has 0 saturated carbocycles. The molecule has 7 nitrogen and oxygen atoms in total. The Morgan fingerprint density at radius 2 is 2.00 bits per heavy atom. The number of hydrogen-bond acceptors (Lipinski definition) is 8. The van der Waals surface area contributed by atoms with Gasteiger partial charge in [-0.2, -0.15) is 0 Å².